The van der Waals surface area contributed by atoms with Gasteiger partial charge in [0, 0.05) is 6.20 Å². The van der Waals surface area contributed by atoms with Crippen molar-refractivity contribution in [3.8, 4) is 11.6 Å². The number of nitrogens with one attached hydrogen (secondary N) is 1. The molecule has 0 aliphatic carbocycles. The van der Waals surface area contributed by atoms with Crippen molar-refractivity contribution >= 4 is 23.3 Å². The minimum absolute atomic E-state index is 0.195. The quantitative estimate of drug-likeness (QED) is 0.674. The van der Waals surface area contributed by atoms with Crippen LogP contribution < -0.4 is 15.8 Å². The lowest BCUT2D eigenvalue weighted by Crippen LogP contribution is -2.04. The van der Waals surface area contributed by atoms with E-state index in [1.807, 2.05) is 19.1 Å². The second-order valence-corrected chi connectivity index (χ2v) is 5.40. The van der Waals surface area contributed by atoms with Crippen LogP contribution in [0.15, 0.2) is 48.9 Å². The normalized spacial score (nSPS) is 10.2. The number of esters is 1. The van der Waals surface area contributed by atoms with Crippen LogP contribution in [-0.4, -0.2) is 28.0 Å². The molecule has 0 saturated carbocycles. The van der Waals surface area contributed by atoms with Gasteiger partial charge in [0.2, 0.25) is 5.88 Å². The maximum atomic E-state index is 11.5. The van der Waals surface area contributed by atoms with Gasteiger partial charge in [0.1, 0.15) is 23.6 Å². The summed E-state index contributed by atoms with van der Waals surface area (Å²) in [5.41, 5.74) is 7.82. The highest BCUT2D eigenvalue weighted by molar-refractivity contribution is 5.89. The number of hydrogen-bond donors (Lipinski definition) is 2. The Morgan fingerprint density at radius 3 is 2.58 bits per heavy atom. The molecule has 0 aliphatic heterocycles. The zero-order chi connectivity index (χ0) is 18.5. The van der Waals surface area contributed by atoms with E-state index in [-0.39, 0.29) is 11.6 Å². The number of anilines is 3. The van der Waals surface area contributed by atoms with E-state index >= 15 is 0 Å². The molecule has 0 radical (unpaired) electrons. The van der Waals surface area contributed by atoms with Gasteiger partial charge in [-0.2, -0.15) is 4.98 Å². The topological polar surface area (TPSA) is 112 Å². The second kappa shape index (κ2) is 7.47. The second-order valence-electron chi connectivity index (χ2n) is 5.40. The summed E-state index contributed by atoms with van der Waals surface area (Å²) in [6.07, 6.45) is 3.03. The third-order valence-electron chi connectivity index (χ3n) is 3.50. The van der Waals surface area contributed by atoms with Crippen molar-refractivity contribution in [1.82, 2.24) is 15.0 Å². The molecule has 3 rings (SSSR count). The van der Waals surface area contributed by atoms with Crippen LogP contribution in [0, 0.1) is 6.92 Å². The van der Waals surface area contributed by atoms with Crippen molar-refractivity contribution in [2.24, 2.45) is 0 Å². The SMILES string of the molecule is COC(=O)c1ccc(Oc2ncnc(Nc3cc(C)ccn3)c2N)cc1. The summed E-state index contributed by atoms with van der Waals surface area (Å²) >= 11 is 0. The summed E-state index contributed by atoms with van der Waals surface area (Å²) in [5.74, 6) is 1.25. The average Bonchev–Trinajstić information content (AvgIpc) is 2.65. The van der Waals surface area contributed by atoms with Gasteiger partial charge in [-0.15, -0.1) is 0 Å². The van der Waals surface area contributed by atoms with Crippen LogP contribution in [0.1, 0.15) is 15.9 Å². The number of carbonyl (C=O) groups excluding carboxylic acids is 1. The van der Waals surface area contributed by atoms with Crippen molar-refractivity contribution in [1.29, 1.82) is 0 Å². The van der Waals surface area contributed by atoms with Gasteiger partial charge in [-0.25, -0.2) is 14.8 Å². The molecule has 0 bridgehead atoms. The lowest BCUT2D eigenvalue weighted by Gasteiger charge is -2.11. The number of carbonyl (C=O) groups is 1. The highest BCUT2D eigenvalue weighted by atomic mass is 16.5. The standard InChI is InChI=1S/C18H17N5O3/c1-11-7-8-20-14(9-11)23-16-15(19)17(22-10-21-16)26-13-5-3-12(4-6-13)18(24)25-2/h3-10H,19H2,1-2H3,(H,20,21,22,23). The van der Waals surface area contributed by atoms with Gasteiger partial charge in [-0.3, -0.25) is 0 Å². The summed E-state index contributed by atoms with van der Waals surface area (Å²) in [5, 5.41) is 3.04. The Labute approximate surface area is 150 Å². The number of hydrogen-bond acceptors (Lipinski definition) is 8. The van der Waals surface area contributed by atoms with Gasteiger partial charge < -0.3 is 20.5 Å². The minimum atomic E-state index is -0.421. The van der Waals surface area contributed by atoms with E-state index in [0.717, 1.165) is 5.56 Å². The summed E-state index contributed by atoms with van der Waals surface area (Å²) in [6, 6.07) is 10.2. The van der Waals surface area contributed by atoms with Crippen LogP contribution >= 0.6 is 0 Å². The molecule has 1 aromatic carbocycles. The predicted molar refractivity (Wildman–Crippen MR) is 96.6 cm³/mol. The molecule has 0 spiro atoms. The van der Waals surface area contributed by atoms with Crippen molar-refractivity contribution in [2.75, 3.05) is 18.2 Å². The van der Waals surface area contributed by atoms with Crippen LogP contribution in [0.25, 0.3) is 0 Å². The number of nitrogen functional groups attached to an aromatic ring is 1. The number of rotatable bonds is 5. The third-order valence-corrected chi connectivity index (χ3v) is 3.50. The molecule has 3 N–H and O–H groups in total. The first-order chi connectivity index (χ1) is 12.6. The van der Waals surface area contributed by atoms with Crippen LogP contribution in [0.4, 0.5) is 17.3 Å². The highest BCUT2D eigenvalue weighted by Gasteiger charge is 2.12. The van der Waals surface area contributed by atoms with Gasteiger partial charge in [0.05, 0.1) is 12.7 Å². The van der Waals surface area contributed by atoms with Crippen LogP contribution in [0.5, 0.6) is 11.6 Å². The molecule has 0 amide bonds. The third kappa shape index (κ3) is 3.86. The van der Waals surface area contributed by atoms with E-state index in [1.165, 1.54) is 13.4 Å². The Morgan fingerprint density at radius 1 is 1.12 bits per heavy atom. The molecule has 132 valence electrons. The molecule has 2 heterocycles. The zero-order valence-corrected chi connectivity index (χ0v) is 14.3. The summed E-state index contributed by atoms with van der Waals surface area (Å²) in [7, 11) is 1.33. The van der Waals surface area contributed by atoms with E-state index in [4.69, 9.17) is 10.5 Å². The van der Waals surface area contributed by atoms with Crippen molar-refractivity contribution in [3.63, 3.8) is 0 Å². The summed E-state index contributed by atoms with van der Waals surface area (Å²) in [6.45, 7) is 1.96. The van der Waals surface area contributed by atoms with Gasteiger partial charge in [-0.05, 0) is 48.9 Å². The Morgan fingerprint density at radius 2 is 1.88 bits per heavy atom. The smallest absolute Gasteiger partial charge is 0.337 e. The fourth-order valence-corrected chi connectivity index (χ4v) is 2.17. The van der Waals surface area contributed by atoms with Crippen molar-refractivity contribution < 1.29 is 14.3 Å². The van der Waals surface area contributed by atoms with Crippen molar-refractivity contribution in [3.05, 3.63) is 60.0 Å². The molecule has 0 saturated heterocycles. The van der Waals surface area contributed by atoms with Gasteiger partial charge in [-0.1, -0.05) is 0 Å². The monoisotopic (exact) mass is 351 g/mol. The Bertz CT molecular complexity index is 928. The van der Waals surface area contributed by atoms with E-state index < -0.39 is 5.97 Å². The first kappa shape index (κ1) is 17.2. The number of aryl methyl sites for hydroxylation is 1. The number of ether oxygens (including phenoxy) is 2. The minimum Gasteiger partial charge on any atom is -0.465 e. The number of nitrogens with zero attached hydrogens (tertiary/aromatic N) is 3. The largest absolute Gasteiger partial charge is 0.465 e. The average molecular weight is 351 g/mol. The molecule has 0 unspecified atom stereocenters. The lowest BCUT2D eigenvalue weighted by molar-refractivity contribution is 0.0600. The number of aromatic nitrogens is 3. The Balaban J connectivity index is 1.79. The fourth-order valence-electron chi connectivity index (χ4n) is 2.17. The van der Waals surface area contributed by atoms with Gasteiger partial charge in [0.15, 0.2) is 5.82 Å². The van der Waals surface area contributed by atoms with E-state index in [0.29, 0.717) is 22.9 Å². The number of pyridine rings is 1. The van der Waals surface area contributed by atoms with E-state index in [9.17, 15) is 4.79 Å². The molecule has 0 atom stereocenters. The number of nitrogens with two attached hydrogens (primary N) is 1. The molecule has 8 nitrogen and oxygen atoms in total. The summed E-state index contributed by atoms with van der Waals surface area (Å²) < 4.78 is 10.4. The lowest BCUT2D eigenvalue weighted by atomic mass is 10.2. The maximum absolute atomic E-state index is 11.5. The molecular formula is C18H17N5O3. The molecule has 8 heteroatoms. The molecule has 26 heavy (non-hydrogen) atoms. The van der Waals surface area contributed by atoms with E-state index in [1.54, 1.807) is 30.5 Å². The predicted octanol–water partition coefficient (Wildman–Crippen LogP) is 3.08. The Kier molecular flexibility index (Phi) is 4.93. The fraction of sp³-hybridized carbons (Fsp3) is 0.111. The molecule has 0 fully saturated rings. The first-order valence-electron chi connectivity index (χ1n) is 7.73. The first-order valence-corrected chi connectivity index (χ1v) is 7.73. The Hall–Kier alpha value is -3.68. The maximum Gasteiger partial charge on any atom is 0.337 e. The van der Waals surface area contributed by atoms with Crippen LogP contribution in [0.2, 0.25) is 0 Å². The molecule has 0 aliphatic rings. The number of methoxy groups -OCH3 is 1. The van der Waals surface area contributed by atoms with Crippen molar-refractivity contribution in [2.45, 2.75) is 6.92 Å². The van der Waals surface area contributed by atoms with Crippen LogP contribution in [-0.2, 0) is 4.74 Å². The summed E-state index contributed by atoms with van der Waals surface area (Å²) in [4.78, 5) is 23.9. The molecular weight excluding hydrogens is 334 g/mol. The van der Waals surface area contributed by atoms with Gasteiger partial charge in [0.25, 0.3) is 0 Å². The highest BCUT2D eigenvalue weighted by Crippen LogP contribution is 2.30. The van der Waals surface area contributed by atoms with Gasteiger partial charge >= 0.3 is 5.97 Å². The van der Waals surface area contributed by atoms with E-state index in [2.05, 4.69) is 25.0 Å². The molecule has 2 aromatic heterocycles. The zero-order valence-electron chi connectivity index (χ0n) is 14.3. The van der Waals surface area contributed by atoms with Crippen LogP contribution in [0.3, 0.4) is 0 Å². The molecule has 3 aromatic rings. The number of benzene rings is 1.